The molecule has 0 radical (unpaired) electrons. The summed E-state index contributed by atoms with van der Waals surface area (Å²) in [5.74, 6) is -0.329. The van der Waals surface area contributed by atoms with E-state index in [2.05, 4.69) is 14.7 Å². The third-order valence-corrected chi connectivity index (χ3v) is 3.94. The number of hydrogen-bond acceptors (Lipinski definition) is 6. The Kier molecular flexibility index (Phi) is 5.75. The summed E-state index contributed by atoms with van der Waals surface area (Å²) in [6.45, 7) is 1.76. The van der Waals surface area contributed by atoms with Crippen molar-refractivity contribution in [2.75, 3.05) is 0 Å². The summed E-state index contributed by atoms with van der Waals surface area (Å²) in [5, 5.41) is 8.51. The molecule has 1 atom stereocenters. The summed E-state index contributed by atoms with van der Waals surface area (Å²) >= 11 is 1.14. The Morgan fingerprint density at radius 3 is 2.29 bits per heavy atom. The number of hydrogen-bond donors (Lipinski definition) is 3. The van der Waals surface area contributed by atoms with Gasteiger partial charge in [0.15, 0.2) is 0 Å². The Labute approximate surface area is 139 Å². The number of halogens is 3. The van der Waals surface area contributed by atoms with Gasteiger partial charge in [-0.15, -0.1) is 0 Å². The summed E-state index contributed by atoms with van der Waals surface area (Å²) in [7, 11) is 0. The first-order chi connectivity index (χ1) is 11.3. The highest BCUT2D eigenvalue weighted by molar-refractivity contribution is 7.97. The number of nitrogens with zero attached hydrogens (tertiary/aromatic N) is 2. The predicted molar refractivity (Wildman–Crippen MR) is 80.1 cm³/mol. The van der Waals surface area contributed by atoms with Crippen LogP contribution in [0.1, 0.15) is 34.7 Å². The van der Waals surface area contributed by atoms with Gasteiger partial charge in [-0.3, -0.25) is 10.0 Å². The molecular formula is C14H13F3N4O2S. The largest absolute Gasteiger partial charge is 0.416 e. The zero-order valence-electron chi connectivity index (χ0n) is 12.3. The molecule has 1 unspecified atom stereocenters. The zero-order chi connectivity index (χ0) is 17.7. The summed E-state index contributed by atoms with van der Waals surface area (Å²) in [5.41, 5.74) is 0.866. The summed E-state index contributed by atoms with van der Waals surface area (Å²) in [4.78, 5) is 19.8. The second-order valence-electron chi connectivity index (χ2n) is 4.73. The standard InChI is InChI=1S/C14H13F3N4O2S/c1-8(12-18-6-9(7-19-12)13(22)20-23)21-24-11-4-2-10(3-5-11)14(15,16)17/h2-8,21,23H,1H3,(H,20,22). The lowest BCUT2D eigenvalue weighted by molar-refractivity contribution is -0.137. The Morgan fingerprint density at radius 1 is 1.21 bits per heavy atom. The van der Waals surface area contributed by atoms with Gasteiger partial charge < -0.3 is 0 Å². The summed E-state index contributed by atoms with van der Waals surface area (Å²) in [6.07, 6.45) is -1.84. The van der Waals surface area contributed by atoms with Crippen LogP contribution in [0, 0.1) is 0 Å². The minimum atomic E-state index is -4.36. The van der Waals surface area contributed by atoms with Crippen molar-refractivity contribution in [3.8, 4) is 0 Å². The van der Waals surface area contributed by atoms with Gasteiger partial charge in [0, 0.05) is 17.3 Å². The van der Waals surface area contributed by atoms with Crippen molar-refractivity contribution in [3.63, 3.8) is 0 Å². The van der Waals surface area contributed by atoms with Crippen molar-refractivity contribution in [3.05, 3.63) is 53.6 Å². The van der Waals surface area contributed by atoms with Crippen molar-refractivity contribution < 1.29 is 23.2 Å². The number of nitrogens with one attached hydrogen (secondary N) is 2. The number of carbonyl (C=O) groups is 1. The molecule has 1 aromatic carbocycles. The highest BCUT2D eigenvalue weighted by atomic mass is 32.2. The first-order valence-corrected chi connectivity index (χ1v) is 7.49. The van der Waals surface area contributed by atoms with E-state index < -0.39 is 17.6 Å². The van der Waals surface area contributed by atoms with Gasteiger partial charge in [0.1, 0.15) is 5.82 Å². The lowest BCUT2D eigenvalue weighted by atomic mass is 10.2. The average molecular weight is 358 g/mol. The SMILES string of the molecule is CC(NSc1ccc(C(F)(F)F)cc1)c1ncc(C(=O)NO)cn1. The smallest absolute Gasteiger partial charge is 0.288 e. The average Bonchev–Trinajstić information content (AvgIpc) is 2.58. The third-order valence-electron chi connectivity index (χ3n) is 2.96. The third kappa shape index (κ3) is 4.66. The van der Waals surface area contributed by atoms with Crippen LogP contribution in [-0.2, 0) is 6.18 Å². The van der Waals surface area contributed by atoms with E-state index in [9.17, 15) is 18.0 Å². The molecule has 10 heteroatoms. The molecule has 0 aliphatic heterocycles. The minimum Gasteiger partial charge on any atom is -0.288 e. The summed E-state index contributed by atoms with van der Waals surface area (Å²) < 4.78 is 40.5. The number of amides is 1. The van der Waals surface area contributed by atoms with E-state index in [-0.39, 0.29) is 11.6 Å². The molecule has 2 rings (SSSR count). The Bertz CT molecular complexity index is 693. The Hall–Kier alpha value is -2.17. The molecule has 0 saturated carbocycles. The van der Waals surface area contributed by atoms with Crippen LogP contribution in [-0.4, -0.2) is 21.1 Å². The zero-order valence-corrected chi connectivity index (χ0v) is 13.1. The Balaban J connectivity index is 1.95. The fourth-order valence-corrected chi connectivity index (χ4v) is 2.35. The van der Waals surface area contributed by atoms with E-state index in [1.165, 1.54) is 30.0 Å². The van der Waals surface area contributed by atoms with Gasteiger partial charge in [0.25, 0.3) is 5.91 Å². The van der Waals surface area contributed by atoms with Crippen LogP contribution >= 0.6 is 11.9 Å². The first-order valence-electron chi connectivity index (χ1n) is 6.67. The van der Waals surface area contributed by atoms with Crippen LogP contribution in [0.15, 0.2) is 41.6 Å². The van der Waals surface area contributed by atoms with E-state index in [0.717, 1.165) is 24.1 Å². The molecule has 0 bridgehead atoms. The van der Waals surface area contributed by atoms with Gasteiger partial charge in [-0.25, -0.2) is 20.2 Å². The predicted octanol–water partition coefficient (Wildman–Crippen LogP) is 2.97. The Morgan fingerprint density at radius 2 is 1.79 bits per heavy atom. The molecule has 2 aromatic rings. The molecule has 0 aliphatic carbocycles. The van der Waals surface area contributed by atoms with Crippen molar-refractivity contribution in [2.45, 2.75) is 24.0 Å². The fraction of sp³-hybridized carbons (Fsp3) is 0.214. The van der Waals surface area contributed by atoms with Crippen molar-refractivity contribution in [1.82, 2.24) is 20.2 Å². The molecule has 3 N–H and O–H groups in total. The van der Waals surface area contributed by atoms with Crippen LogP contribution in [0.25, 0.3) is 0 Å². The maximum Gasteiger partial charge on any atom is 0.416 e. The number of hydroxylamine groups is 1. The monoisotopic (exact) mass is 358 g/mol. The van der Waals surface area contributed by atoms with E-state index in [4.69, 9.17) is 5.21 Å². The van der Waals surface area contributed by atoms with Crippen LogP contribution in [0.5, 0.6) is 0 Å². The molecule has 128 valence electrons. The van der Waals surface area contributed by atoms with Gasteiger partial charge in [0.05, 0.1) is 17.2 Å². The maximum atomic E-state index is 12.5. The van der Waals surface area contributed by atoms with Gasteiger partial charge in [0.2, 0.25) is 0 Å². The van der Waals surface area contributed by atoms with Crippen LogP contribution < -0.4 is 10.2 Å². The summed E-state index contributed by atoms with van der Waals surface area (Å²) in [6, 6.07) is 4.43. The topological polar surface area (TPSA) is 87.1 Å². The quantitative estimate of drug-likeness (QED) is 0.433. The van der Waals surface area contributed by atoms with Gasteiger partial charge in [-0.05, 0) is 43.1 Å². The van der Waals surface area contributed by atoms with E-state index >= 15 is 0 Å². The second-order valence-corrected chi connectivity index (χ2v) is 5.65. The maximum absolute atomic E-state index is 12.5. The highest BCUT2D eigenvalue weighted by Gasteiger charge is 2.29. The molecule has 0 aliphatic rings. The van der Waals surface area contributed by atoms with E-state index in [0.29, 0.717) is 10.7 Å². The molecular weight excluding hydrogens is 345 g/mol. The molecule has 1 aromatic heterocycles. The van der Waals surface area contributed by atoms with Gasteiger partial charge in [-0.2, -0.15) is 13.2 Å². The number of benzene rings is 1. The highest BCUT2D eigenvalue weighted by Crippen LogP contribution is 2.30. The van der Waals surface area contributed by atoms with Crippen molar-refractivity contribution >= 4 is 17.9 Å². The number of aromatic nitrogens is 2. The normalized spacial score (nSPS) is 12.7. The van der Waals surface area contributed by atoms with Crippen LogP contribution in [0.3, 0.4) is 0 Å². The van der Waals surface area contributed by atoms with Crippen LogP contribution in [0.4, 0.5) is 13.2 Å². The lowest BCUT2D eigenvalue weighted by Gasteiger charge is -2.12. The fourth-order valence-electron chi connectivity index (χ4n) is 1.66. The molecule has 1 amide bonds. The number of rotatable bonds is 5. The van der Waals surface area contributed by atoms with E-state index in [1.54, 1.807) is 6.92 Å². The molecule has 0 fully saturated rings. The number of alkyl halides is 3. The minimum absolute atomic E-state index is 0.101. The molecule has 6 nitrogen and oxygen atoms in total. The van der Waals surface area contributed by atoms with Crippen molar-refractivity contribution in [2.24, 2.45) is 0 Å². The molecule has 1 heterocycles. The molecule has 0 saturated heterocycles. The van der Waals surface area contributed by atoms with Gasteiger partial charge in [-0.1, -0.05) is 0 Å². The van der Waals surface area contributed by atoms with Gasteiger partial charge >= 0.3 is 6.18 Å². The molecule has 0 spiro atoms. The number of carbonyl (C=O) groups excluding carboxylic acids is 1. The molecule has 24 heavy (non-hydrogen) atoms. The lowest BCUT2D eigenvalue weighted by Crippen LogP contribution is -2.20. The second kappa shape index (κ2) is 7.60. The van der Waals surface area contributed by atoms with Crippen LogP contribution in [0.2, 0.25) is 0 Å². The van der Waals surface area contributed by atoms with E-state index in [1.807, 2.05) is 0 Å². The van der Waals surface area contributed by atoms with Crippen molar-refractivity contribution in [1.29, 1.82) is 0 Å². The first kappa shape index (κ1) is 18.2.